The number of aryl methyl sites for hydroxylation is 1. The molecule has 0 amide bonds. The summed E-state index contributed by atoms with van der Waals surface area (Å²) in [6.45, 7) is 7.75. The quantitative estimate of drug-likeness (QED) is 0.712. The summed E-state index contributed by atoms with van der Waals surface area (Å²) in [4.78, 5) is 11.7. The summed E-state index contributed by atoms with van der Waals surface area (Å²) in [5.74, 6) is -0.260. The maximum Gasteiger partial charge on any atom is 1.00 e. The van der Waals surface area contributed by atoms with Crippen molar-refractivity contribution in [2.24, 2.45) is 0 Å². The van der Waals surface area contributed by atoms with Gasteiger partial charge in [0, 0.05) is 6.42 Å². The number of aliphatic carboxylic acids is 1. The molecule has 0 aliphatic carbocycles. The molecule has 3 nitrogen and oxygen atoms in total. The monoisotopic (exact) mass is 334 g/mol. The Bertz CT molecular complexity index is 680. The Morgan fingerprint density at radius 2 is 1.79 bits per heavy atom. The summed E-state index contributed by atoms with van der Waals surface area (Å²) in [7, 11) is 0. The minimum atomic E-state index is -1.41. The molecule has 0 saturated heterocycles. The van der Waals surface area contributed by atoms with Gasteiger partial charge in [0.1, 0.15) is 11.4 Å². The number of hydrogen-bond donors (Lipinski definition) is 0. The van der Waals surface area contributed by atoms with Crippen molar-refractivity contribution in [1.29, 1.82) is 0 Å². The first-order valence-corrected chi connectivity index (χ1v) is 7.86. The first-order valence-electron chi connectivity index (χ1n) is 7.86. The standard InChI is InChI=1S/C20H24O3.Na/c1-14(2)17-8-10-18(11-9-17)23-20(4,19(21)22)13-16-7-5-6-15(3)12-16;/h5-12,14H,13H2,1-4H3,(H,21,22);/q;+1/p-1. The Labute approximate surface area is 166 Å². The normalized spacial score (nSPS) is 13.0. The summed E-state index contributed by atoms with van der Waals surface area (Å²) in [6, 6.07) is 15.3. The van der Waals surface area contributed by atoms with E-state index in [4.69, 9.17) is 4.74 Å². The first-order chi connectivity index (χ1) is 10.8. The zero-order valence-electron chi connectivity index (χ0n) is 15.1. The summed E-state index contributed by atoms with van der Waals surface area (Å²) in [5.41, 5.74) is 1.78. The number of carbonyl (C=O) groups excluding carboxylic acids is 1. The number of rotatable bonds is 6. The minimum absolute atomic E-state index is 0. The van der Waals surface area contributed by atoms with Crippen LogP contribution in [0.1, 0.15) is 43.4 Å². The van der Waals surface area contributed by atoms with Crippen LogP contribution in [0.5, 0.6) is 5.75 Å². The Morgan fingerprint density at radius 1 is 1.17 bits per heavy atom. The Kier molecular flexibility index (Phi) is 7.53. The molecule has 2 rings (SSSR count). The van der Waals surface area contributed by atoms with Crippen LogP contribution in [0.4, 0.5) is 0 Å². The second-order valence-electron chi connectivity index (χ2n) is 6.51. The third-order valence-electron chi connectivity index (χ3n) is 3.95. The molecule has 0 aliphatic heterocycles. The van der Waals surface area contributed by atoms with Crippen molar-refractivity contribution in [3.63, 3.8) is 0 Å². The number of benzene rings is 2. The fourth-order valence-electron chi connectivity index (χ4n) is 2.54. The Morgan fingerprint density at radius 3 is 2.29 bits per heavy atom. The number of ether oxygens (including phenoxy) is 1. The largest absolute Gasteiger partial charge is 1.00 e. The van der Waals surface area contributed by atoms with Gasteiger partial charge in [-0.1, -0.05) is 55.8 Å². The minimum Gasteiger partial charge on any atom is -0.546 e. The number of carbonyl (C=O) groups is 1. The molecule has 0 saturated carbocycles. The van der Waals surface area contributed by atoms with E-state index < -0.39 is 11.6 Å². The van der Waals surface area contributed by atoms with Gasteiger partial charge < -0.3 is 14.6 Å². The van der Waals surface area contributed by atoms with Gasteiger partial charge in [0.2, 0.25) is 0 Å². The predicted octanol–water partition coefficient (Wildman–Crippen LogP) is 0.253. The van der Waals surface area contributed by atoms with Gasteiger partial charge in [-0.3, -0.25) is 0 Å². The Hall–Kier alpha value is -1.29. The second-order valence-corrected chi connectivity index (χ2v) is 6.51. The van der Waals surface area contributed by atoms with Crippen LogP contribution in [0.15, 0.2) is 48.5 Å². The van der Waals surface area contributed by atoms with E-state index >= 15 is 0 Å². The third kappa shape index (κ3) is 5.37. The van der Waals surface area contributed by atoms with Gasteiger partial charge in [-0.25, -0.2) is 0 Å². The van der Waals surface area contributed by atoms with E-state index in [1.165, 1.54) is 5.56 Å². The summed E-state index contributed by atoms with van der Waals surface area (Å²) >= 11 is 0. The van der Waals surface area contributed by atoms with Crippen molar-refractivity contribution in [2.75, 3.05) is 0 Å². The number of carboxylic acids is 1. The fraction of sp³-hybridized carbons (Fsp3) is 0.350. The summed E-state index contributed by atoms with van der Waals surface area (Å²) < 4.78 is 5.78. The van der Waals surface area contributed by atoms with Crippen molar-refractivity contribution in [3.8, 4) is 5.75 Å². The van der Waals surface area contributed by atoms with E-state index in [1.54, 1.807) is 6.92 Å². The van der Waals surface area contributed by atoms with Crippen LogP contribution in [0.3, 0.4) is 0 Å². The van der Waals surface area contributed by atoms with Crippen molar-refractivity contribution in [3.05, 3.63) is 65.2 Å². The average molecular weight is 334 g/mol. The maximum absolute atomic E-state index is 11.7. The molecule has 24 heavy (non-hydrogen) atoms. The molecular weight excluding hydrogens is 311 g/mol. The van der Waals surface area contributed by atoms with E-state index in [-0.39, 0.29) is 36.0 Å². The van der Waals surface area contributed by atoms with Crippen molar-refractivity contribution in [2.45, 2.75) is 45.6 Å². The molecule has 0 radical (unpaired) electrons. The summed E-state index contributed by atoms with van der Waals surface area (Å²) in [5, 5.41) is 11.7. The zero-order chi connectivity index (χ0) is 17.0. The molecular formula is C20H23NaO3. The van der Waals surface area contributed by atoms with Crippen LogP contribution in [-0.2, 0) is 11.2 Å². The van der Waals surface area contributed by atoms with E-state index in [2.05, 4.69) is 13.8 Å². The van der Waals surface area contributed by atoms with Gasteiger partial charge in [0.15, 0.2) is 0 Å². The molecule has 0 aliphatic rings. The van der Waals surface area contributed by atoms with Crippen LogP contribution in [-0.4, -0.2) is 11.6 Å². The van der Waals surface area contributed by atoms with Crippen LogP contribution in [0.2, 0.25) is 0 Å². The molecule has 0 spiro atoms. The molecule has 122 valence electrons. The van der Waals surface area contributed by atoms with Gasteiger partial charge in [-0.2, -0.15) is 0 Å². The molecule has 2 aromatic carbocycles. The van der Waals surface area contributed by atoms with E-state index in [0.717, 1.165) is 11.1 Å². The van der Waals surface area contributed by atoms with Crippen LogP contribution in [0.25, 0.3) is 0 Å². The number of hydrogen-bond acceptors (Lipinski definition) is 3. The summed E-state index contributed by atoms with van der Waals surface area (Å²) in [6.07, 6.45) is 0.253. The first kappa shape index (κ1) is 20.8. The van der Waals surface area contributed by atoms with Gasteiger partial charge in [0.05, 0.1) is 5.97 Å². The average Bonchev–Trinajstić information content (AvgIpc) is 2.47. The topological polar surface area (TPSA) is 49.4 Å². The van der Waals surface area contributed by atoms with Crippen molar-refractivity contribution in [1.82, 2.24) is 0 Å². The van der Waals surface area contributed by atoms with Crippen molar-refractivity contribution < 1.29 is 44.2 Å². The Balaban J connectivity index is 0.00000288. The van der Waals surface area contributed by atoms with Crippen LogP contribution in [0, 0.1) is 6.92 Å². The second kappa shape index (κ2) is 8.70. The van der Waals surface area contributed by atoms with Gasteiger partial charge in [0.25, 0.3) is 0 Å². The van der Waals surface area contributed by atoms with Gasteiger partial charge >= 0.3 is 29.6 Å². The SMILES string of the molecule is Cc1cccc(CC(C)(Oc2ccc(C(C)C)cc2)C(=O)[O-])c1.[Na+]. The van der Waals surface area contributed by atoms with E-state index in [0.29, 0.717) is 11.7 Å². The van der Waals surface area contributed by atoms with Crippen LogP contribution < -0.4 is 39.4 Å². The molecule has 0 N–H and O–H groups in total. The number of carboxylic acid groups (broad SMARTS) is 1. The molecule has 0 aromatic heterocycles. The molecule has 1 atom stereocenters. The molecule has 1 unspecified atom stereocenters. The van der Waals surface area contributed by atoms with E-state index in [1.807, 2.05) is 55.5 Å². The zero-order valence-corrected chi connectivity index (χ0v) is 17.1. The smallest absolute Gasteiger partial charge is 0.546 e. The molecule has 0 fully saturated rings. The molecule has 2 aromatic rings. The van der Waals surface area contributed by atoms with Crippen LogP contribution >= 0.6 is 0 Å². The molecule has 4 heteroatoms. The fourth-order valence-corrected chi connectivity index (χ4v) is 2.54. The molecule has 0 bridgehead atoms. The van der Waals surface area contributed by atoms with Gasteiger partial charge in [-0.15, -0.1) is 0 Å². The third-order valence-corrected chi connectivity index (χ3v) is 3.95. The van der Waals surface area contributed by atoms with E-state index in [9.17, 15) is 9.90 Å². The maximum atomic E-state index is 11.7. The van der Waals surface area contributed by atoms with Gasteiger partial charge in [-0.05, 0) is 43.0 Å². The molecule has 0 heterocycles. The van der Waals surface area contributed by atoms with Crippen molar-refractivity contribution >= 4 is 5.97 Å². The predicted molar refractivity (Wildman–Crippen MR) is 89.5 cm³/mol.